The lowest BCUT2D eigenvalue weighted by molar-refractivity contribution is 0.599. The van der Waals surface area contributed by atoms with Crippen molar-refractivity contribution in [3.8, 4) is 11.1 Å². The summed E-state index contributed by atoms with van der Waals surface area (Å²) < 4.78 is 57.9. The number of halogens is 2. The molecule has 0 radical (unpaired) electrons. The Labute approximate surface area is 228 Å². The minimum absolute atomic E-state index is 0.172. The molecule has 0 aliphatic carbocycles. The van der Waals surface area contributed by atoms with Gasteiger partial charge in [-0.25, -0.2) is 16.8 Å². The third kappa shape index (κ3) is 6.00. The van der Waals surface area contributed by atoms with Crippen molar-refractivity contribution in [1.29, 1.82) is 0 Å². The maximum absolute atomic E-state index is 12.8. The quantitative estimate of drug-likeness (QED) is 0.223. The standard InChI is InChI=1S/C26H22Br2N2O4S2/c1-17-15-19(3-13-25(17)29-35(31,32)23-9-5-21(27)6-10-23)20-4-14-26(18(2)16-20)30-36(33,34)24-11-7-22(28)8-12-24/h3-16,29-30H,1-2H3. The highest BCUT2D eigenvalue weighted by Gasteiger charge is 2.17. The van der Waals surface area contributed by atoms with Crippen molar-refractivity contribution < 1.29 is 16.8 Å². The average molecular weight is 650 g/mol. The van der Waals surface area contributed by atoms with Gasteiger partial charge in [-0.15, -0.1) is 0 Å². The van der Waals surface area contributed by atoms with Gasteiger partial charge in [-0.05, 0) is 109 Å². The Bertz CT molecular complexity index is 1510. The molecular weight excluding hydrogens is 628 g/mol. The molecule has 10 heteroatoms. The highest BCUT2D eigenvalue weighted by Crippen LogP contribution is 2.30. The smallest absolute Gasteiger partial charge is 0.261 e. The van der Waals surface area contributed by atoms with Gasteiger partial charge in [-0.2, -0.15) is 0 Å². The van der Waals surface area contributed by atoms with Crippen LogP contribution < -0.4 is 9.44 Å². The Morgan fingerprint density at radius 1 is 0.528 bits per heavy atom. The molecule has 0 bridgehead atoms. The molecule has 4 aromatic carbocycles. The van der Waals surface area contributed by atoms with E-state index in [-0.39, 0.29) is 9.79 Å². The van der Waals surface area contributed by atoms with Crippen LogP contribution in [0.1, 0.15) is 11.1 Å². The maximum Gasteiger partial charge on any atom is 0.261 e. The SMILES string of the molecule is Cc1cc(-c2ccc(NS(=O)(=O)c3ccc(Br)cc3)c(C)c2)ccc1NS(=O)(=O)c1ccc(Br)cc1. The first-order valence-corrected chi connectivity index (χ1v) is 15.3. The van der Waals surface area contributed by atoms with Crippen LogP contribution in [0.5, 0.6) is 0 Å². The van der Waals surface area contributed by atoms with E-state index in [0.29, 0.717) is 11.4 Å². The first-order chi connectivity index (χ1) is 16.9. The number of aryl methyl sites for hydroxylation is 2. The second-order valence-corrected chi connectivity index (χ2v) is 13.4. The van der Waals surface area contributed by atoms with Crippen LogP contribution in [0.2, 0.25) is 0 Å². The number of anilines is 2. The van der Waals surface area contributed by atoms with Crippen LogP contribution in [0.3, 0.4) is 0 Å². The molecule has 4 aromatic rings. The molecule has 0 amide bonds. The number of nitrogens with one attached hydrogen (secondary N) is 2. The normalized spacial score (nSPS) is 11.8. The summed E-state index contributed by atoms with van der Waals surface area (Å²) >= 11 is 6.61. The van der Waals surface area contributed by atoms with Gasteiger partial charge in [0.2, 0.25) is 0 Å². The van der Waals surface area contributed by atoms with Gasteiger partial charge < -0.3 is 0 Å². The molecule has 0 saturated carbocycles. The monoisotopic (exact) mass is 648 g/mol. The number of hydrogen-bond donors (Lipinski definition) is 2. The molecule has 36 heavy (non-hydrogen) atoms. The molecule has 0 atom stereocenters. The summed E-state index contributed by atoms with van der Waals surface area (Å²) in [5.74, 6) is 0. The molecule has 6 nitrogen and oxygen atoms in total. The van der Waals surface area contributed by atoms with E-state index in [1.54, 1.807) is 36.4 Å². The summed E-state index contributed by atoms with van der Waals surface area (Å²) in [6.45, 7) is 3.66. The van der Waals surface area contributed by atoms with Gasteiger partial charge in [0.05, 0.1) is 21.2 Å². The van der Waals surface area contributed by atoms with Gasteiger partial charge in [0.15, 0.2) is 0 Å². The van der Waals surface area contributed by atoms with Crippen molar-refractivity contribution in [2.45, 2.75) is 23.6 Å². The Balaban J connectivity index is 1.55. The lowest BCUT2D eigenvalue weighted by atomic mass is 10.0. The highest BCUT2D eigenvalue weighted by molar-refractivity contribution is 9.10. The van der Waals surface area contributed by atoms with Gasteiger partial charge in [0, 0.05) is 8.95 Å². The summed E-state index contributed by atoms with van der Waals surface area (Å²) in [6, 6.07) is 23.7. The van der Waals surface area contributed by atoms with Crippen molar-refractivity contribution in [3.63, 3.8) is 0 Å². The van der Waals surface area contributed by atoms with Crippen LogP contribution in [-0.4, -0.2) is 16.8 Å². The second kappa shape index (κ2) is 10.4. The fourth-order valence-corrected chi connectivity index (χ4v) is 6.34. The van der Waals surface area contributed by atoms with Gasteiger partial charge in [-0.3, -0.25) is 9.44 Å². The summed E-state index contributed by atoms with van der Waals surface area (Å²) in [4.78, 5) is 0.344. The predicted molar refractivity (Wildman–Crippen MR) is 151 cm³/mol. The summed E-state index contributed by atoms with van der Waals surface area (Å²) in [7, 11) is -7.45. The minimum Gasteiger partial charge on any atom is -0.279 e. The second-order valence-electron chi connectivity index (χ2n) is 8.18. The Hall–Kier alpha value is -2.66. The zero-order valence-electron chi connectivity index (χ0n) is 19.3. The molecule has 0 aliphatic rings. The Morgan fingerprint density at radius 3 is 1.17 bits per heavy atom. The molecule has 2 N–H and O–H groups in total. The molecule has 0 heterocycles. The number of benzene rings is 4. The maximum atomic E-state index is 12.8. The lowest BCUT2D eigenvalue weighted by Crippen LogP contribution is -2.14. The van der Waals surface area contributed by atoms with Crippen molar-refractivity contribution >= 4 is 63.3 Å². The molecule has 0 spiro atoms. The van der Waals surface area contributed by atoms with E-state index in [1.807, 2.05) is 38.1 Å². The van der Waals surface area contributed by atoms with Crippen LogP contribution in [0.25, 0.3) is 11.1 Å². The van der Waals surface area contributed by atoms with Crippen molar-refractivity contribution in [3.05, 3.63) is 105 Å². The predicted octanol–water partition coefficient (Wildman–Crippen LogP) is 7.10. The first kappa shape index (κ1) is 26.4. The molecule has 0 fully saturated rings. The topological polar surface area (TPSA) is 92.3 Å². The minimum atomic E-state index is -3.72. The van der Waals surface area contributed by atoms with Gasteiger partial charge >= 0.3 is 0 Å². The van der Waals surface area contributed by atoms with Crippen LogP contribution in [-0.2, 0) is 20.0 Å². The van der Waals surface area contributed by atoms with Crippen LogP contribution >= 0.6 is 31.9 Å². The fourth-order valence-electron chi connectivity index (χ4n) is 3.55. The van der Waals surface area contributed by atoms with Crippen molar-refractivity contribution in [1.82, 2.24) is 0 Å². The van der Waals surface area contributed by atoms with Gasteiger partial charge in [0.25, 0.3) is 20.0 Å². The highest BCUT2D eigenvalue weighted by atomic mass is 79.9. The van der Waals surface area contributed by atoms with E-state index in [2.05, 4.69) is 41.3 Å². The van der Waals surface area contributed by atoms with Gasteiger partial charge in [-0.1, -0.05) is 44.0 Å². The Morgan fingerprint density at radius 2 is 0.861 bits per heavy atom. The Kier molecular flexibility index (Phi) is 7.61. The van der Waals surface area contributed by atoms with Crippen LogP contribution in [0.4, 0.5) is 11.4 Å². The van der Waals surface area contributed by atoms with E-state index in [1.165, 1.54) is 24.3 Å². The zero-order valence-corrected chi connectivity index (χ0v) is 24.1. The summed E-state index contributed by atoms with van der Waals surface area (Å²) in [5.41, 5.74) is 4.24. The number of hydrogen-bond acceptors (Lipinski definition) is 4. The number of rotatable bonds is 7. The van der Waals surface area contributed by atoms with E-state index in [9.17, 15) is 16.8 Å². The fraction of sp³-hybridized carbons (Fsp3) is 0.0769. The largest absolute Gasteiger partial charge is 0.279 e. The third-order valence-electron chi connectivity index (χ3n) is 5.52. The van der Waals surface area contributed by atoms with Crippen molar-refractivity contribution in [2.75, 3.05) is 9.44 Å². The van der Waals surface area contributed by atoms with E-state index in [0.717, 1.165) is 31.2 Å². The lowest BCUT2D eigenvalue weighted by Gasteiger charge is -2.14. The third-order valence-corrected chi connectivity index (χ3v) is 9.34. The summed E-state index contributed by atoms with van der Waals surface area (Å²) in [5, 5.41) is 0. The molecule has 0 aliphatic heterocycles. The molecule has 0 aromatic heterocycles. The van der Waals surface area contributed by atoms with Crippen LogP contribution in [0.15, 0.2) is 104 Å². The molecule has 0 unspecified atom stereocenters. The average Bonchev–Trinajstić information content (AvgIpc) is 2.82. The molecule has 0 saturated heterocycles. The molecular formula is C26H22Br2N2O4S2. The van der Waals surface area contributed by atoms with E-state index >= 15 is 0 Å². The first-order valence-electron chi connectivity index (χ1n) is 10.7. The van der Waals surface area contributed by atoms with E-state index < -0.39 is 20.0 Å². The van der Waals surface area contributed by atoms with Gasteiger partial charge in [0.1, 0.15) is 0 Å². The zero-order chi connectivity index (χ0) is 26.1. The van der Waals surface area contributed by atoms with Crippen molar-refractivity contribution in [2.24, 2.45) is 0 Å². The summed E-state index contributed by atoms with van der Waals surface area (Å²) in [6.07, 6.45) is 0. The van der Waals surface area contributed by atoms with E-state index in [4.69, 9.17) is 0 Å². The molecule has 4 rings (SSSR count). The molecule has 186 valence electrons. The van der Waals surface area contributed by atoms with Crippen LogP contribution in [0, 0.1) is 13.8 Å². The number of sulfonamides is 2.